The van der Waals surface area contributed by atoms with Crippen LogP contribution < -0.4 is 14.4 Å². The predicted molar refractivity (Wildman–Crippen MR) is 135 cm³/mol. The number of aromatic nitrogens is 1. The van der Waals surface area contributed by atoms with Crippen molar-refractivity contribution in [3.05, 3.63) is 53.1 Å². The smallest absolute Gasteiger partial charge is 0.252 e. The van der Waals surface area contributed by atoms with Crippen molar-refractivity contribution in [1.82, 2.24) is 9.88 Å². The summed E-state index contributed by atoms with van der Waals surface area (Å²) < 4.78 is 17.4. The molecule has 1 saturated heterocycles. The summed E-state index contributed by atoms with van der Waals surface area (Å²) in [5.41, 5.74) is 4.17. The van der Waals surface area contributed by atoms with Crippen molar-refractivity contribution in [3.8, 4) is 11.5 Å². The Hall–Kier alpha value is -2.94. The van der Waals surface area contributed by atoms with Gasteiger partial charge in [-0.2, -0.15) is 0 Å². The van der Waals surface area contributed by atoms with Crippen LogP contribution in [-0.4, -0.2) is 62.0 Å². The van der Waals surface area contributed by atoms with Crippen molar-refractivity contribution < 1.29 is 19.0 Å². The third-order valence-corrected chi connectivity index (χ3v) is 7.42. The van der Waals surface area contributed by atoms with Crippen LogP contribution in [0, 0.1) is 13.8 Å². The zero-order valence-corrected chi connectivity index (χ0v) is 20.4. The minimum absolute atomic E-state index is 0.0750. The highest BCUT2D eigenvalue weighted by molar-refractivity contribution is 7.22. The summed E-state index contributed by atoms with van der Waals surface area (Å²) in [6.45, 7) is 9.36. The number of carbonyl (C=O) groups is 1. The van der Waals surface area contributed by atoms with Gasteiger partial charge in [0.1, 0.15) is 0 Å². The van der Waals surface area contributed by atoms with Gasteiger partial charge in [-0.3, -0.25) is 14.6 Å². The topological polar surface area (TPSA) is 64.1 Å². The van der Waals surface area contributed by atoms with Crippen LogP contribution in [0.5, 0.6) is 11.5 Å². The van der Waals surface area contributed by atoms with Crippen molar-refractivity contribution in [2.45, 2.75) is 20.3 Å². The number of ether oxygens (including phenoxy) is 3. The van der Waals surface area contributed by atoms with Crippen LogP contribution in [-0.2, 0) is 9.53 Å². The first kappa shape index (κ1) is 22.8. The molecule has 7 nitrogen and oxygen atoms in total. The van der Waals surface area contributed by atoms with Crippen LogP contribution >= 0.6 is 11.3 Å². The van der Waals surface area contributed by atoms with Crippen LogP contribution in [0.3, 0.4) is 0 Å². The zero-order chi connectivity index (χ0) is 23.5. The fourth-order valence-electron chi connectivity index (χ4n) is 4.22. The molecule has 178 valence electrons. The molecule has 0 N–H and O–H groups in total. The first-order chi connectivity index (χ1) is 16.6. The molecular formula is C26H29N3O4S. The Bertz CT molecular complexity index is 1180. The van der Waals surface area contributed by atoms with Gasteiger partial charge in [-0.25, -0.2) is 4.98 Å². The number of carbonyl (C=O) groups excluding carboxylic acids is 1. The number of hydrogen-bond donors (Lipinski definition) is 0. The molecule has 1 aromatic heterocycles. The molecule has 5 rings (SSSR count). The van der Waals surface area contributed by atoms with E-state index in [-0.39, 0.29) is 12.7 Å². The highest BCUT2D eigenvalue weighted by atomic mass is 32.1. The van der Waals surface area contributed by atoms with E-state index in [1.807, 2.05) is 29.2 Å². The van der Waals surface area contributed by atoms with Gasteiger partial charge in [0.05, 0.1) is 23.4 Å². The summed E-state index contributed by atoms with van der Waals surface area (Å²) in [5.74, 6) is 1.36. The average Bonchev–Trinajstić information content (AvgIpc) is 3.51. The lowest BCUT2D eigenvalue weighted by Crippen LogP contribution is -2.39. The molecule has 3 aromatic rings. The number of thiazole rings is 1. The lowest BCUT2D eigenvalue weighted by molar-refractivity contribution is -0.114. The lowest BCUT2D eigenvalue weighted by Gasteiger charge is -2.27. The maximum Gasteiger partial charge on any atom is 0.252 e. The van der Waals surface area contributed by atoms with Crippen LogP contribution in [0.15, 0.2) is 36.4 Å². The van der Waals surface area contributed by atoms with Crippen molar-refractivity contribution in [2.24, 2.45) is 0 Å². The molecule has 0 saturated carbocycles. The van der Waals surface area contributed by atoms with E-state index < -0.39 is 0 Å². The minimum atomic E-state index is -0.0750. The number of fused-ring (bicyclic) bond motifs is 2. The second-order valence-corrected chi connectivity index (χ2v) is 9.59. The molecular weight excluding hydrogens is 450 g/mol. The first-order valence-electron chi connectivity index (χ1n) is 11.6. The van der Waals surface area contributed by atoms with Crippen molar-refractivity contribution >= 4 is 38.7 Å². The summed E-state index contributed by atoms with van der Waals surface area (Å²) in [4.78, 5) is 22.5. The van der Waals surface area contributed by atoms with Gasteiger partial charge in [-0.05, 0) is 55.2 Å². The second kappa shape index (κ2) is 10.1. The van der Waals surface area contributed by atoms with E-state index in [0.717, 1.165) is 71.5 Å². The van der Waals surface area contributed by atoms with Gasteiger partial charge < -0.3 is 14.2 Å². The molecule has 0 aliphatic carbocycles. The number of amides is 1. The summed E-state index contributed by atoms with van der Waals surface area (Å²) >= 11 is 1.59. The van der Waals surface area contributed by atoms with Crippen molar-refractivity contribution in [3.63, 3.8) is 0 Å². The molecule has 2 aromatic carbocycles. The Morgan fingerprint density at radius 1 is 1.12 bits per heavy atom. The first-order valence-corrected chi connectivity index (χ1v) is 12.5. The van der Waals surface area contributed by atoms with Gasteiger partial charge in [0.15, 0.2) is 16.6 Å². The average molecular weight is 480 g/mol. The standard InChI is InChI=1S/C26H29N3O4S/c1-18-4-5-19(2)25-24(18)27-26(34-25)29(11-3-10-28-12-14-31-15-13-28)23(30)9-7-20-6-8-21-22(16-20)33-17-32-21/h4-9,16H,3,10-15,17H2,1-2H3/b9-7+. The van der Waals surface area contributed by atoms with Gasteiger partial charge in [0.25, 0.3) is 5.91 Å². The van der Waals surface area contributed by atoms with Gasteiger partial charge >= 0.3 is 0 Å². The molecule has 2 aliphatic rings. The molecule has 0 spiro atoms. The number of benzene rings is 2. The van der Waals surface area contributed by atoms with E-state index in [9.17, 15) is 4.79 Å². The Morgan fingerprint density at radius 2 is 1.91 bits per heavy atom. The van der Waals surface area contributed by atoms with Gasteiger partial charge in [0.2, 0.25) is 6.79 Å². The van der Waals surface area contributed by atoms with Gasteiger partial charge in [0, 0.05) is 32.3 Å². The third kappa shape index (κ3) is 4.94. The molecule has 0 unspecified atom stereocenters. The number of morpholine rings is 1. The maximum absolute atomic E-state index is 13.4. The Kier molecular flexibility index (Phi) is 6.80. The molecule has 3 heterocycles. The van der Waals surface area contributed by atoms with Gasteiger partial charge in [-0.15, -0.1) is 0 Å². The fourth-order valence-corrected chi connectivity index (χ4v) is 5.36. The number of anilines is 1. The minimum Gasteiger partial charge on any atom is -0.454 e. The number of rotatable bonds is 7. The lowest BCUT2D eigenvalue weighted by atomic mass is 10.1. The maximum atomic E-state index is 13.4. The molecule has 0 radical (unpaired) electrons. The summed E-state index contributed by atoms with van der Waals surface area (Å²) in [5, 5.41) is 0.745. The summed E-state index contributed by atoms with van der Waals surface area (Å²) in [6, 6.07) is 9.88. The van der Waals surface area contributed by atoms with E-state index in [2.05, 4.69) is 30.9 Å². The molecule has 34 heavy (non-hydrogen) atoms. The zero-order valence-electron chi connectivity index (χ0n) is 19.6. The molecule has 0 atom stereocenters. The molecule has 2 aliphatic heterocycles. The van der Waals surface area contributed by atoms with E-state index in [0.29, 0.717) is 12.3 Å². The fraction of sp³-hybridized carbons (Fsp3) is 0.385. The van der Waals surface area contributed by atoms with E-state index in [1.165, 1.54) is 5.56 Å². The number of nitrogens with zero attached hydrogens (tertiary/aromatic N) is 3. The van der Waals surface area contributed by atoms with Crippen molar-refractivity contribution in [1.29, 1.82) is 0 Å². The second-order valence-electron chi connectivity index (χ2n) is 8.62. The third-order valence-electron chi connectivity index (χ3n) is 6.20. The number of aryl methyl sites for hydroxylation is 2. The van der Waals surface area contributed by atoms with Gasteiger partial charge in [-0.1, -0.05) is 29.5 Å². The Morgan fingerprint density at radius 3 is 2.74 bits per heavy atom. The normalized spacial score (nSPS) is 15.9. The monoisotopic (exact) mass is 479 g/mol. The van der Waals surface area contributed by atoms with Crippen LogP contribution in [0.25, 0.3) is 16.3 Å². The molecule has 0 bridgehead atoms. The van der Waals surface area contributed by atoms with Crippen molar-refractivity contribution in [2.75, 3.05) is 51.1 Å². The van der Waals surface area contributed by atoms with E-state index >= 15 is 0 Å². The Labute approximate surface area is 203 Å². The van der Waals surface area contributed by atoms with E-state index in [4.69, 9.17) is 19.2 Å². The van der Waals surface area contributed by atoms with Crippen LogP contribution in [0.2, 0.25) is 0 Å². The predicted octanol–water partition coefficient (Wildman–Crippen LogP) is 4.41. The Balaban J connectivity index is 1.37. The molecule has 1 amide bonds. The van der Waals surface area contributed by atoms with Crippen LogP contribution in [0.4, 0.5) is 5.13 Å². The highest BCUT2D eigenvalue weighted by Gasteiger charge is 2.20. The highest BCUT2D eigenvalue weighted by Crippen LogP contribution is 2.34. The largest absolute Gasteiger partial charge is 0.454 e. The molecule has 8 heteroatoms. The van der Waals surface area contributed by atoms with E-state index in [1.54, 1.807) is 17.4 Å². The summed E-state index contributed by atoms with van der Waals surface area (Å²) in [6.07, 6.45) is 4.32. The van der Waals surface area contributed by atoms with Crippen LogP contribution in [0.1, 0.15) is 23.1 Å². The number of hydrogen-bond acceptors (Lipinski definition) is 7. The molecule has 1 fully saturated rings. The SMILES string of the molecule is Cc1ccc(C)c2sc(N(CCCN3CCOCC3)C(=O)/C=C/c3ccc4c(c3)OCO4)nc12. The summed E-state index contributed by atoms with van der Waals surface area (Å²) in [7, 11) is 0. The quantitative estimate of drug-likeness (QED) is 0.468.